The smallest absolute Gasteiger partial charge is 0.338 e. The molecule has 0 fully saturated rings. The fraction of sp³-hybridized carbons (Fsp3) is 0.714. The Balaban J connectivity index is 3.72. The van der Waals surface area contributed by atoms with Gasteiger partial charge >= 0.3 is 7.60 Å². The average Bonchev–Trinajstić information content (AvgIpc) is 2.84. The van der Waals surface area contributed by atoms with E-state index in [1.54, 1.807) is 12.1 Å². The number of benzene rings is 1. The van der Waals surface area contributed by atoms with E-state index in [2.05, 4.69) is 52.2 Å². The predicted octanol–water partition coefficient (Wildman–Crippen LogP) is 8.20. The zero-order chi connectivity index (χ0) is 27.0. The zero-order valence-corrected chi connectivity index (χ0v) is 25.8. The van der Waals surface area contributed by atoms with Crippen molar-refractivity contribution in [2.75, 3.05) is 26.3 Å². The molecule has 0 spiro atoms. The Kier molecular flexibility index (Phi) is 15.7. The van der Waals surface area contributed by atoms with E-state index in [0.717, 1.165) is 64.5 Å². The van der Waals surface area contributed by atoms with Gasteiger partial charge in [0.25, 0.3) is 5.91 Å². The first-order valence-electron chi connectivity index (χ1n) is 14.0. The van der Waals surface area contributed by atoms with E-state index in [1.165, 1.54) is 0 Å². The first kappa shape index (κ1) is 32.8. The first-order chi connectivity index (χ1) is 17.1. The summed E-state index contributed by atoms with van der Waals surface area (Å²) in [6.07, 6.45) is 7.50. The number of carbonyl (C=O) groups is 1. The fourth-order valence-electron chi connectivity index (χ4n) is 3.95. The zero-order valence-electron chi connectivity index (χ0n) is 23.9. The Morgan fingerprint density at radius 2 is 1.33 bits per heavy atom. The summed E-state index contributed by atoms with van der Waals surface area (Å²) in [7, 11) is -5.85. The summed E-state index contributed by atoms with van der Waals surface area (Å²) in [6.45, 7) is 17.3. The number of hydrogen-bond acceptors (Lipinski definition) is 4. The normalized spacial score (nSPS) is 13.6. The second-order valence-electron chi connectivity index (χ2n) is 10.5. The van der Waals surface area contributed by atoms with Crippen LogP contribution in [0.2, 0.25) is 19.6 Å². The number of aliphatic imine (C=N–C) groups is 1. The molecule has 8 heteroatoms. The minimum atomic E-state index is -3.60. The molecule has 1 rings (SSSR count). The maximum atomic E-state index is 14.7. The monoisotopic (exact) mass is 538 g/mol. The molecule has 1 amide bonds. The van der Waals surface area contributed by atoms with Gasteiger partial charge in [-0.05, 0) is 37.8 Å². The Morgan fingerprint density at radius 1 is 0.861 bits per heavy atom. The van der Waals surface area contributed by atoms with Crippen molar-refractivity contribution in [2.45, 2.75) is 104 Å². The molecule has 0 aliphatic rings. The van der Waals surface area contributed by atoms with Crippen molar-refractivity contribution in [1.29, 1.82) is 0 Å². The van der Waals surface area contributed by atoms with Crippen molar-refractivity contribution in [3.8, 4) is 0 Å². The van der Waals surface area contributed by atoms with Crippen molar-refractivity contribution in [3.05, 3.63) is 35.9 Å². The SMILES string of the molecule is CCCCOP(=O)(OCCCC)C(C(=NC(=O)c1ccccc1)N(CCCC)CCCC)[Si](C)(C)C. The molecule has 6 nitrogen and oxygen atoms in total. The quantitative estimate of drug-likeness (QED) is 0.0619. The summed E-state index contributed by atoms with van der Waals surface area (Å²) >= 11 is 0. The van der Waals surface area contributed by atoms with Gasteiger partial charge in [-0.15, -0.1) is 0 Å². The molecule has 0 radical (unpaired) electrons. The van der Waals surface area contributed by atoms with Crippen LogP contribution in [0.15, 0.2) is 35.3 Å². The number of hydrogen-bond donors (Lipinski definition) is 0. The van der Waals surface area contributed by atoms with Gasteiger partial charge in [-0.2, -0.15) is 4.99 Å². The third-order valence-corrected chi connectivity index (χ3v) is 13.2. The third kappa shape index (κ3) is 11.0. The van der Waals surface area contributed by atoms with Gasteiger partial charge in [0.2, 0.25) is 0 Å². The van der Waals surface area contributed by atoms with Gasteiger partial charge in [0.15, 0.2) is 0 Å². The summed E-state index contributed by atoms with van der Waals surface area (Å²) in [4.78, 5) is 20.4. The van der Waals surface area contributed by atoms with Gasteiger partial charge in [0.05, 0.1) is 21.3 Å². The van der Waals surface area contributed by atoms with Crippen LogP contribution < -0.4 is 0 Å². The van der Waals surface area contributed by atoms with Gasteiger partial charge < -0.3 is 13.9 Å². The molecule has 1 aromatic rings. The molecule has 0 saturated heterocycles. The molecule has 36 heavy (non-hydrogen) atoms. The standard InChI is InChI=1S/C28H51N2O4PSi/c1-8-12-21-30(22-13-9-2)26(29-27(31)25-19-17-16-18-20-25)28(36(5,6)7)35(32,33-23-14-10-3)34-24-15-11-4/h16-20,28H,8-15,21-24H2,1-7H3. The van der Waals surface area contributed by atoms with Crippen molar-refractivity contribution in [3.63, 3.8) is 0 Å². The van der Waals surface area contributed by atoms with E-state index >= 15 is 0 Å². The lowest BCUT2D eigenvalue weighted by molar-refractivity contribution is 0.100. The molecule has 1 aromatic carbocycles. The van der Waals surface area contributed by atoms with Crippen LogP contribution in [0.5, 0.6) is 0 Å². The van der Waals surface area contributed by atoms with E-state index in [9.17, 15) is 9.36 Å². The largest absolute Gasteiger partial charge is 0.359 e. The lowest BCUT2D eigenvalue weighted by atomic mass is 10.2. The highest BCUT2D eigenvalue weighted by Gasteiger charge is 2.49. The maximum absolute atomic E-state index is 14.7. The van der Waals surface area contributed by atoms with E-state index in [1.807, 2.05) is 18.2 Å². The molecular formula is C28H51N2O4PSi. The van der Waals surface area contributed by atoms with E-state index in [-0.39, 0.29) is 5.91 Å². The molecule has 0 aliphatic carbocycles. The first-order valence-corrected chi connectivity index (χ1v) is 19.1. The summed E-state index contributed by atoms with van der Waals surface area (Å²) in [6, 6.07) is 9.14. The predicted molar refractivity (Wildman–Crippen MR) is 156 cm³/mol. The molecular weight excluding hydrogens is 487 g/mol. The molecule has 0 saturated carbocycles. The van der Waals surface area contributed by atoms with Crippen LogP contribution in [0.4, 0.5) is 0 Å². The molecule has 1 unspecified atom stereocenters. The van der Waals surface area contributed by atoms with Crippen molar-refractivity contribution >= 4 is 27.4 Å². The Hall–Kier alpha value is -1.27. The lowest BCUT2D eigenvalue weighted by Crippen LogP contribution is -2.52. The van der Waals surface area contributed by atoms with Crippen LogP contribution in [0.3, 0.4) is 0 Å². The second-order valence-corrected chi connectivity index (χ2v) is 18.4. The van der Waals surface area contributed by atoms with E-state index < -0.39 is 21.0 Å². The molecule has 0 aromatic heterocycles. The van der Waals surface area contributed by atoms with Crippen LogP contribution in [-0.2, 0) is 13.6 Å². The number of amides is 1. The van der Waals surface area contributed by atoms with Crippen LogP contribution in [0.1, 0.15) is 89.4 Å². The molecule has 0 N–H and O–H groups in total. The van der Waals surface area contributed by atoms with Gasteiger partial charge in [0.1, 0.15) is 11.1 Å². The van der Waals surface area contributed by atoms with Crippen LogP contribution >= 0.6 is 7.60 Å². The lowest BCUT2D eigenvalue weighted by Gasteiger charge is -2.40. The van der Waals surface area contributed by atoms with Gasteiger partial charge in [-0.3, -0.25) is 9.36 Å². The van der Waals surface area contributed by atoms with Gasteiger partial charge in [0, 0.05) is 18.7 Å². The summed E-state index contributed by atoms with van der Waals surface area (Å²) in [5.74, 6) is 0.293. The minimum absolute atomic E-state index is 0.305. The molecule has 1 atom stereocenters. The molecule has 0 aliphatic heterocycles. The summed E-state index contributed by atoms with van der Waals surface area (Å²) in [5.41, 5.74) is 0.531. The second kappa shape index (κ2) is 17.3. The fourth-order valence-corrected chi connectivity index (χ4v) is 10.9. The topological polar surface area (TPSA) is 68.2 Å². The van der Waals surface area contributed by atoms with Gasteiger partial charge in [-0.25, -0.2) is 0 Å². The number of rotatable bonds is 18. The highest BCUT2D eigenvalue weighted by atomic mass is 31.2. The van der Waals surface area contributed by atoms with E-state index in [0.29, 0.717) is 24.6 Å². The minimum Gasteiger partial charge on any atom is -0.359 e. The average molecular weight is 539 g/mol. The number of unbranched alkanes of at least 4 members (excludes halogenated alkanes) is 4. The third-order valence-electron chi connectivity index (χ3n) is 6.04. The van der Waals surface area contributed by atoms with Crippen molar-refractivity contribution in [1.82, 2.24) is 4.90 Å². The maximum Gasteiger partial charge on any atom is 0.338 e. The van der Waals surface area contributed by atoms with Crippen LogP contribution in [0.25, 0.3) is 0 Å². The highest BCUT2D eigenvalue weighted by molar-refractivity contribution is 7.59. The summed E-state index contributed by atoms with van der Waals surface area (Å²) < 4.78 is 27.1. The number of carbonyl (C=O) groups excluding carboxylic acids is 1. The number of amidine groups is 1. The molecule has 0 bridgehead atoms. The van der Waals surface area contributed by atoms with Gasteiger partial charge in [-0.1, -0.05) is 91.2 Å². The molecule has 0 heterocycles. The Morgan fingerprint density at radius 3 is 1.75 bits per heavy atom. The molecule has 206 valence electrons. The van der Waals surface area contributed by atoms with Crippen molar-refractivity contribution < 1.29 is 18.4 Å². The van der Waals surface area contributed by atoms with E-state index in [4.69, 9.17) is 14.0 Å². The highest BCUT2D eigenvalue weighted by Crippen LogP contribution is 2.57. The summed E-state index contributed by atoms with van der Waals surface area (Å²) in [5, 5.41) is -0.528. The van der Waals surface area contributed by atoms with Crippen LogP contribution in [0, 0.1) is 0 Å². The Labute approximate surface area is 221 Å². The van der Waals surface area contributed by atoms with Crippen molar-refractivity contribution in [2.24, 2.45) is 4.99 Å². The van der Waals surface area contributed by atoms with Crippen LogP contribution in [-0.4, -0.2) is 56.3 Å². The Bertz CT molecular complexity index is 805. The number of nitrogens with zero attached hydrogens (tertiary/aromatic N) is 2.